The number of hydrogen-bond donors (Lipinski definition) is 2. The monoisotopic (exact) mass is 383 g/mol. The van der Waals surface area contributed by atoms with Crippen molar-refractivity contribution in [3.63, 3.8) is 0 Å². The summed E-state index contributed by atoms with van der Waals surface area (Å²) < 4.78 is 6.35. The minimum Gasteiger partial charge on any atom is -0.396 e. The molecule has 3 N–H and O–H groups in total. The molecule has 0 unspecified atom stereocenters. The third-order valence-corrected chi connectivity index (χ3v) is 5.05. The largest absolute Gasteiger partial charge is 0.396 e. The second-order valence-electron chi connectivity index (χ2n) is 6.51. The molecular formula is C19H18BrN3O. The summed E-state index contributed by atoms with van der Waals surface area (Å²) in [7, 11) is 0. The molecule has 5 heteroatoms. The Morgan fingerprint density at radius 1 is 1.17 bits per heavy atom. The van der Waals surface area contributed by atoms with Crippen LogP contribution in [0.4, 0.5) is 17.1 Å². The van der Waals surface area contributed by atoms with Gasteiger partial charge in [-0.3, -0.25) is 4.98 Å². The zero-order chi connectivity index (χ0) is 16.7. The number of aromatic nitrogens is 1. The molecule has 0 saturated carbocycles. The van der Waals surface area contributed by atoms with Crippen molar-refractivity contribution in [1.82, 2.24) is 4.98 Å². The summed E-state index contributed by atoms with van der Waals surface area (Å²) in [5.74, 6) is 0. The lowest BCUT2D eigenvalue weighted by Crippen LogP contribution is -2.43. The van der Waals surface area contributed by atoms with Crippen LogP contribution in [0.5, 0.6) is 0 Å². The number of nitrogens with two attached hydrogens (primary N) is 1. The molecule has 4 nitrogen and oxygen atoms in total. The number of rotatable bonds is 3. The molecule has 4 rings (SSSR count). The van der Waals surface area contributed by atoms with Gasteiger partial charge in [-0.25, -0.2) is 0 Å². The molecule has 1 fully saturated rings. The zero-order valence-electron chi connectivity index (χ0n) is 13.3. The maximum absolute atomic E-state index is 6.16. The molecule has 2 heterocycles. The molecule has 1 aliphatic heterocycles. The van der Waals surface area contributed by atoms with E-state index >= 15 is 0 Å². The Labute approximate surface area is 149 Å². The van der Waals surface area contributed by atoms with Gasteiger partial charge in [0.05, 0.1) is 36.3 Å². The average Bonchev–Trinajstić information content (AvgIpc) is 2.56. The summed E-state index contributed by atoms with van der Waals surface area (Å²) in [4.78, 5) is 4.39. The first-order chi connectivity index (χ1) is 11.5. The van der Waals surface area contributed by atoms with Crippen LogP contribution in [0.15, 0.2) is 53.1 Å². The number of nitrogens with one attached hydrogen (secondary N) is 1. The Kier molecular flexibility index (Phi) is 3.70. The number of halogens is 1. The molecule has 0 amide bonds. The molecule has 2 aromatic carbocycles. The number of fused-ring (bicyclic) bond motifs is 1. The van der Waals surface area contributed by atoms with Crippen LogP contribution in [0.1, 0.15) is 12.5 Å². The molecule has 0 bridgehead atoms. The minimum atomic E-state index is 0.145. The number of nitrogen functional groups attached to an aromatic ring is 1. The lowest BCUT2D eigenvalue weighted by atomic mass is 9.81. The highest BCUT2D eigenvalue weighted by Crippen LogP contribution is 2.35. The van der Waals surface area contributed by atoms with Crippen LogP contribution in [-0.4, -0.2) is 18.2 Å². The van der Waals surface area contributed by atoms with E-state index in [4.69, 9.17) is 10.5 Å². The smallest absolute Gasteiger partial charge is 0.0746 e. The van der Waals surface area contributed by atoms with E-state index in [-0.39, 0.29) is 5.41 Å². The average molecular weight is 384 g/mol. The van der Waals surface area contributed by atoms with Crippen LogP contribution in [-0.2, 0) is 10.2 Å². The fourth-order valence-electron chi connectivity index (χ4n) is 2.99. The highest BCUT2D eigenvalue weighted by molar-refractivity contribution is 9.10. The third-order valence-electron chi connectivity index (χ3n) is 4.55. The number of benzene rings is 2. The molecule has 0 aliphatic carbocycles. The zero-order valence-corrected chi connectivity index (χ0v) is 14.9. The lowest BCUT2D eigenvalue weighted by Gasteiger charge is -2.38. The van der Waals surface area contributed by atoms with Crippen molar-refractivity contribution in [2.75, 3.05) is 24.3 Å². The summed E-state index contributed by atoms with van der Waals surface area (Å²) in [6, 6.07) is 14.5. The molecular weight excluding hydrogens is 366 g/mol. The SMILES string of the molecule is CC1(c2ccc(Nc3c(N)cnc4ccc(Br)cc34)cc2)COC1. The van der Waals surface area contributed by atoms with Gasteiger partial charge < -0.3 is 15.8 Å². The van der Waals surface area contributed by atoms with Gasteiger partial charge >= 0.3 is 0 Å². The Morgan fingerprint density at radius 3 is 2.58 bits per heavy atom. The van der Waals surface area contributed by atoms with Crippen molar-refractivity contribution >= 4 is 43.9 Å². The topological polar surface area (TPSA) is 60.2 Å². The van der Waals surface area contributed by atoms with E-state index in [1.807, 2.05) is 18.2 Å². The number of anilines is 3. The van der Waals surface area contributed by atoms with E-state index in [2.05, 4.69) is 57.4 Å². The maximum atomic E-state index is 6.16. The highest BCUT2D eigenvalue weighted by Gasteiger charge is 2.34. The van der Waals surface area contributed by atoms with Crippen molar-refractivity contribution in [1.29, 1.82) is 0 Å². The molecule has 1 aliphatic rings. The van der Waals surface area contributed by atoms with Crippen LogP contribution in [0.3, 0.4) is 0 Å². The lowest BCUT2D eigenvalue weighted by molar-refractivity contribution is -0.0499. The van der Waals surface area contributed by atoms with Crippen molar-refractivity contribution in [2.24, 2.45) is 0 Å². The molecule has 0 spiro atoms. The Bertz CT molecular complexity index is 899. The fraction of sp³-hybridized carbons (Fsp3) is 0.211. The van der Waals surface area contributed by atoms with E-state index in [0.29, 0.717) is 5.69 Å². The summed E-state index contributed by atoms with van der Waals surface area (Å²) >= 11 is 3.51. The summed E-state index contributed by atoms with van der Waals surface area (Å²) in [6.07, 6.45) is 1.69. The predicted molar refractivity (Wildman–Crippen MR) is 102 cm³/mol. The molecule has 24 heavy (non-hydrogen) atoms. The van der Waals surface area contributed by atoms with Gasteiger partial charge in [0.15, 0.2) is 0 Å². The Hall–Kier alpha value is -2.11. The standard InChI is InChI=1S/C19H18BrN3O/c1-19(10-24-11-19)12-2-5-14(6-3-12)23-18-15-8-13(20)4-7-17(15)22-9-16(18)21/h2-9H,10-11,21H2,1H3,(H,22,23). The first-order valence-electron chi connectivity index (χ1n) is 7.84. The summed E-state index contributed by atoms with van der Waals surface area (Å²) in [6.45, 7) is 3.80. The van der Waals surface area contributed by atoms with E-state index in [9.17, 15) is 0 Å². The van der Waals surface area contributed by atoms with Crippen LogP contribution in [0.25, 0.3) is 10.9 Å². The molecule has 0 radical (unpaired) electrons. The second kappa shape index (κ2) is 5.76. The first-order valence-corrected chi connectivity index (χ1v) is 8.63. The van der Waals surface area contributed by atoms with Crippen molar-refractivity contribution in [3.8, 4) is 0 Å². The van der Waals surface area contributed by atoms with Gasteiger partial charge in [0, 0.05) is 21.0 Å². The number of hydrogen-bond acceptors (Lipinski definition) is 4. The third kappa shape index (κ3) is 2.64. The fourth-order valence-corrected chi connectivity index (χ4v) is 3.36. The number of ether oxygens (including phenoxy) is 1. The quantitative estimate of drug-likeness (QED) is 0.692. The highest BCUT2D eigenvalue weighted by atomic mass is 79.9. The summed E-state index contributed by atoms with van der Waals surface area (Å²) in [5.41, 5.74) is 11.0. The Morgan fingerprint density at radius 2 is 1.92 bits per heavy atom. The normalized spacial score (nSPS) is 15.9. The number of nitrogens with zero attached hydrogens (tertiary/aromatic N) is 1. The van der Waals surface area contributed by atoms with Crippen LogP contribution in [0.2, 0.25) is 0 Å². The first kappa shape index (κ1) is 15.4. The van der Waals surface area contributed by atoms with Gasteiger partial charge in [-0.15, -0.1) is 0 Å². The predicted octanol–water partition coefficient (Wildman–Crippen LogP) is 4.61. The van der Waals surface area contributed by atoms with Gasteiger partial charge in [-0.05, 0) is 35.9 Å². The van der Waals surface area contributed by atoms with Crippen LogP contribution < -0.4 is 11.1 Å². The van der Waals surface area contributed by atoms with E-state index in [1.54, 1.807) is 6.20 Å². The van der Waals surface area contributed by atoms with Gasteiger partial charge in [-0.1, -0.05) is 35.0 Å². The molecule has 1 aromatic heterocycles. The molecule has 122 valence electrons. The maximum Gasteiger partial charge on any atom is 0.0746 e. The number of pyridine rings is 1. The summed E-state index contributed by atoms with van der Waals surface area (Å²) in [5, 5.41) is 4.43. The van der Waals surface area contributed by atoms with Gasteiger partial charge in [0.2, 0.25) is 0 Å². The van der Waals surface area contributed by atoms with Crippen LogP contribution in [0, 0.1) is 0 Å². The minimum absolute atomic E-state index is 0.145. The van der Waals surface area contributed by atoms with E-state index in [1.165, 1.54) is 5.56 Å². The Balaban J connectivity index is 1.69. The second-order valence-corrected chi connectivity index (χ2v) is 7.42. The molecule has 1 saturated heterocycles. The van der Waals surface area contributed by atoms with Gasteiger partial charge in [0.1, 0.15) is 0 Å². The van der Waals surface area contributed by atoms with Crippen molar-refractivity contribution in [3.05, 3.63) is 58.7 Å². The molecule has 0 atom stereocenters. The van der Waals surface area contributed by atoms with E-state index < -0.39 is 0 Å². The van der Waals surface area contributed by atoms with Gasteiger partial charge in [-0.2, -0.15) is 0 Å². The van der Waals surface area contributed by atoms with Gasteiger partial charge in [0.25, 0.3) is 0 Å². The van der Waals surface area contributed by atoms with E-state index in [0.717, 1.165) is 40.0 Å². The van der Waals surface area contributed by atoms with Crippen LogP contribution >= 0.6 is 15.9 Å². The van der Waals surface area contributed by atoms with Crippen molar-refractivity contribution in [2.45, 2.75) is 12.3 Å². The van der Waals surface area contributed by atoms with Crippen molar-refractivity contribution < 1.29 is 4.74 Å². The molecule has 3 aromatic rings.